The maximum Gasteiger partial charge on any atom is 0.490 e. The van der Waals surface area contributed by atoms with E-state index in [1.807, 2.05) is 58.0 Å². The Balaban J connectivity index is 0.00000102. The molecule has 2 aliphatic rings. The Hall–Kier alpha value is -6.28. The zero-order valence-corrected chi connectivity index (χ0v) is 36.0. The first-order valence-corrected chi connectivity index (χ1v) is 21.0. The van der Waals surface area contributed by atoms with Crippen molar-refractivity contribution < 1.29 is 52.1 Å². The van der Waals surface area contributed by atoms with Crippen molar-refractivity contribution in [3.8, 4) is 22.5 Å². The molecule has 344 valence electrons. The number of aliphatic hydroxyl groups is 1. The Bertz CT molecular complexity index is 2220. The number of carboxylic acids is 1. The van der Waals surface area contributed by atoms with Gasteiger partial charge in [0, 0.05) is 35.3 Å². The molecule has 0 radical (unpaired) electrons. The number of amides is 4. The van der Waals surface area contributed by atoms with Gasteiger partial charge in [-0.1, -0.05) is 30.3 Å². The van der Waals surface area contributed by atoms with Crippen molar-refractivity contribution in [2.24, 2.45) is 17.6 Å². The molecule has 17 nitrogen and oxygen atoms in total. The minimum atomic E-state index is -5.08. The molecule has 2 aliphatic carbocycles. The van der Waals surface area contributed by atoms with E-state index in [1.54, 1.807) is 30.3 Å². The highest BCUT2D eigenvalue weighted by Crippen LogP contribution is 2.33. The van der Waals surface area contributed by atoms with Crippen LogP contribution in [0, 0.1) is 18.8 Å². The smallest absolute Gasteiger partial charge is 0.475 e. The molecule has 0 bridgehead atoms. The summed E-state index contributed by atoms with van der Waals surface area (Å²) in [4.78, 5) is 68.2. The van der Waals surface area contributed by atoms with Crippen molar-refractivity contribution in [2.75, 3.05) is 11.4 Å². The van der Waals surface area contributed by atoms with Crippen molar-refractivity contribution >= 4 is 35.5 Å². The number of halogens is 3. The number of carboxylic acid groups (broad SMARTS) is 1. The zero-order valence-electron chi connectivity index (χ0n) is 36.0. The SMILES string of the molecule is Cc1nc(C(=O)NC2CCC(O)CC2)ccc1-c1ccc(C[C@H](N)C(=O)N(c2ccc(-c3nn[nH]n3)cc2)C(=O)[C@H]2CC[C@H](CNC(=O)OC(C)(C)C)CC2)cc1.O=C(O)C(F)(F)F. The van der Waals surface area contributed by atoms with Gasteiger partial charge in [-0.2, -0.15) is 18.4 Å². The number of benzene rings is 2. The molecular formula is C44H54F3N9O8. The zero-order chi connectivity index (χ0) is 46.8. The fourth-order valence-electron chi connectivity index (χ4n) is 7.54. The summed E-state index contributed by atoms with van der Waals surface area (Å²) in [5.41, 5.74) is 10.7. The van der Waals surface area contributed by atoms with E-state index in [2.05, 4.69) is 36.2 Å². The second kappa shape index (κ2) is 21.4. The van der Waals surface area contributed by atoms with Gasteiger partial charge in [0.25, 0.3) is 11.8 Å². The molecule has 0 aliphatic heterocycles. The Morgan fingerprint density at radius 1 is 0.891 bits per heavy atom. The van der Waals surface area contributed by atoms with E-state index in [0.717, 1.165) is 29.5 Å². The van der Waals surface area contributed by atoms with Crippen LogP contribution in [-0.2, 0) is 25.5 Å². The number of aliphatic carboxylic acids is 1. The molecule has 0 unspecified atom stereocenters. The van der Waals surface area contributed by atoms with Crippen LogP contribution in [0.3, 0.4) is 0 Å². The monoisotopic (exact) mass is 893 g/mol. The van der Waals surface area contributed by atoms with Crippen LogP contribution in [0.2, 0.25) is 0 Å². The third kappa shape index (κ3) is 13.9. The van der Waals surface area contributed by atoms with Gasteiger partial charge in [0.05, 0.1) is 17.8 Å². The number of anilines is 1. The van der Waals surface area contributed by atoms with Crippen molar-refractivity contribution in [3.63, 3.8) is 0 Å². The number of rotatable bonds is 11. The van der Waals surface area contributed by atoms with Crippen molar-refractivity contribution in [3.05, 3.63) is 77.6 Å². The van der Waals surface area contributed by atoms with E-state index >= 15 is 0 Å². The number of imide groups is 1. The number of hydrogen-bond acceptors (Lipinski definition) is 12. The lowest BCUT2D eigenvalue weighted by atomic mass is 9.81. The lowest BCUT2D eigenvalue weighted by molar-refractivity contribution is -0.192. The van der Waals surface area contributed by atoms with Crippen LogP contribution in [-0.4, -0.2) is 102 Å². The van der Waals surface area contributed by atoms with Gasteiger partial charge in [0.2, 0.25) is 11.7 Å². The van der Waals surface area contributed by atoms with Gasteiger partial charge in [-0.15, -0.1) is 10.2 Å². The summed E-state index contributed by atoms with van der Waals surface area (Å²) in [7, 11) is 0. The fraction of sp³-hybridized carbons (Fsp3) is 0.477. The number of ether oxygens (including phenoxy) is 1. The predicted octanol–water partition coefficient (Wildman–Crippen LogP) is 5.66. The van der Waals surface area contributed by atoms with Gasteiger partial charge >= 0.3 is 18.2 Å². The number of carbonyl (C=O) groups excluding carboxylic acids is 4. The first kappa shape index (κ1) is 48.7. The molecule has 2 heterocycles. The van der Waals surface area contributed by atoms with E-state index in [4.69, 9.17) is 20.4 Å². The van der Waals surface area contributed by atoms with Crippen LogP contribution < -0.4 is 21.3 Å². The summed E-state index contributed by atoms with van der Waals surface area (Å²) in [6.45, 7) is 7.75. The standard InChI is InChI=1S/C42H53N9O6.C2HF3O2/c1-25-34(21-22-36(45-25)38(53)46-31-15-19-33(52)20-16-31)28-9-5-26(6-10-28)23-35(43)40(55)51(32-17-13-29(14-18-32)37-47-49-50-48-37)39(54)30-11-7-27(8-12-30)24-44-41(56)57-42(2,3)4;3-2(4,5)1(6)7/h5-6,9-10,13-14,17-18,21-22,27,30-31,33,35,52H,7-8,11-12,15-16,19-20,23-24,43H2,1-4H3,(H,44,56)(H,46,53)(H,47,48,49,50);(H,6,7)/t27-,30-,31?,33?,35-;/m0./s1. The van der Waals surface area contributed by atoms with Gasteiger partial charge in [-0.05, 0) is 138 Å². The van der Waals surface area contributed by atoms with E-state index in [-0.39, 0.29) is 36.3 Å². The summed E-state index contributed by atoms with van der Waals surface area (Å²) < 4.78 is 37.1. The van der Waals surface area contributed by atoms with E-state index in [0.29, 0.717) is 73.5 Å². The van der Waals surface area contributed by atoms with Crippen LogP contribution in [0.5, 0.6) is 0 Å². The van der Waals surface area contributed by atoms with Crippen LogP contribution in [0.4, 0.5) is 23.7 Å². The molecule has 7 N–H and O–H groups in total. The number of aromatic nitrogens is 5. The van der Waals surface area contributed by atoms with E-state index in [9.17, 15) is 37.5 Å². The van der Waals surface area contributed by atoms with E-state index in [1.165, 1.54) is 4.90 Å². The number of aliphatic hydroxyl groups excluding tert-OH is 1. The number of alkyl halides is 3. The number of pyridine rings is 1. The molecule has 2 aromatic heterocycles. The Labute approximate surface area is 367 Å². The Kier molecular flexibility index (Phi) is 16.3. The number of nitrogens with two attached hydrogens (primary N) is 1. The molecule has 64 heavy (non-hydrogen) atoms. The highest BCUT2D eigenvalue weighted by Gasteiger charge is 2.38. The van der Waals surface area contributed by atoms with Crippen LogP contribution in [0.1, 0.15) is 93.9 Å². The number of aryl methyl sites for hydroxylation is 1. The van der Waals surface area contributed by atoms with Crippen molar-refractivity contribution in [1.29, 1.82) is 0 Å². The average molecular weight is 894 g/mol. The Morgan fingerprint density at radius 2 is 1.50 bits per heavy atom. The molecule has 0 spiro atoms. The quantitative estimate of drug-likeness (QED) is 0.106. The number of aromatic amines is 1. The number of nitrogens with one attached hydrogen (secondary N) is 3. The van der Waals surface area contributed by atoms with Gasteiger partial charge in [-0.25, -0.2) is 19.5 Å². The average Bonchev–Trinajstić information content (AvgIpc) is 3.79. The van der Waals surface area contributed by atoms with Crippen LogP contribution in [0.25, 0.3) is 22.5 Å². The molecule has 4 aromatic rings. The molecule has 2 aromatic carbocycles. The molecule has 20 heteroatoms. The van der Waals surface area contributed by atoms with Gasteiger partial charge in [-0.3, -0.25) is 14.4 Å². The fourth-order valence-corrected chi connectivity index (χ4v) is 7.54. The summed E-state index contributed by atoms with van der Waals surface area (Å²) in [6.07, 6.45) is -0.259. The van der Waals surface area contributed by atoms with E-state index < -0.39 is 41.7 Å². The molecule has 2 saturated carbocycles. The maximum absolute atomic E-state index is 14.2. The summed E-state index contributed by atoms with van der Waals surface area (Å²) in [5, 5.41) is 36.9. The number of alkyl carbamates (subject to hydrolysis) is 1. The molecule has 1 atom stereocenters. The number of H-pyrrole nitrogens is 1. The highest BCUT2D eigenvalue weighted by molar-refractivity contribution is 6.17. The molecule has 6 rings (SSSR count). The highest BCUT2D eigenvalue weighted by atomic mass is 19.4. The predicted molar refractivity (Wildman–Crippen MR) is 227 cm³/mol. The van der Waals surface area contributed by atoms with Gasteiger partial charge in [0.1, 0.15) is 11.3 Å². The molecular weight excluding hydrogens is 840 g/mol. The molecule has 2 fully saturated rings. The van der Waals surface area contributed by atoms with Gasteiger partial charge < -0.3 is 31.3 Å². The number of tetrazole rings is 1. The number of nitrogens with zero attached hydrogens (tertiary/aromatic N) is 5. The largest absolute Gasteiger partial charge is 0.490 e. The number of carbonyl (C=O) groups is 5. The lowest BCUT2D eigenvalue weighted by Gasteiger charge is -2.32. The number of hydrogen-bond donors (Lipinski definition) is 6. The summed E-state index contributed by atoms with van der Waals surface area (Å²) in [6, 6.07) is 17.1. The van der Waals surface area contributed by atoms with Crippen molar-refractivity contribution in [2.45, 2.75) is 115 Å². The third-order valence-corrected chi connectivity index (χ3v) is 10.9. The topological polar surface area (TPSA) is 256 Å². The summed E-state index contributed by atoms with van der Waals surface area (Å²) >= 11 is 0. The maximum atomic E-state index is 14.2. The van der Waals surface area contributed by atoms with Crippen molar-refractivity contribution in [1.82, 2.24) is 36.2 Å². The van der Waals surface area contributed by atoms with Crippen LogP contribution in [0.15, 0.2) is 60.7 Å². The third-order valence-electron chi connectivity index (χ3n) is 10.9. The second-order valence-electron chi connectivity index (χ2n) is 17.0. The summed E-state index contributed by atoms with van der Waals surface area (Å²) in [5.74, 6) is -3.63. The molecule has 0 saturated heterocycles. The first-order chi connectivity index (χ1) is 30.2. The lowest BCUT2D eigenvalue weighted by Crippen LogP contribution is -2.50. The first-order valence-electron chi connectivity index (χ1n) is 21.0. The Morgan fingerprint density at radius 3 is 2.05 bits per heavy atom. The minimum Gasteiger partial charge on any atom is -0.475 e. The second-order valence-corrected chi connectivity index (χ2v) is 17.0. The minimum absolute atomic E-state index is 0.0308. The van der Waals surface area contributed by atoms with Crippen LogP contribution >= 0.6 is 0 Å². The molecule has 4 amide bonds. The van der Waals surface area contributed by atoms with Gasteiger partial charge in [0.15, 0.2) is 0 Å². The normalized spacial score (nSPS) is 19.3.